The van der Waals surface area contributed by atoms with Gasteiger partial charge in [-0.25, -0.2) is 9.97 Å². The number of ether oxygens (including phenoxy) is 1. The van der Waals surface area contributed by atoms with E-state index in [0.717, 1.165) is 61.1 Å². The second-order valence-corrected chi connectivity index (χ2v) is 6.30. The van der Waals surface area contributed by atoms with Crippen molar-refractivity contribution in [1.29, 1.82) is 0 Å². The van der Waals surface area contributed by atoms with Crippen LogP contribution in [-0.2, 0) is 11.3 Å². The SMILES string of the molecule is CCNc1nc(C2CN3CCN2CC3)nc(COC)c1Br. The first kappa shape index (κ1) is 15.1. The Morgan fingerprint density at radius 1 is 1.29 bits per heavy atom. The van der Waals surface area contributed by atoms with Crippen molar-refractivity contribution < 1.29 is 4.74 Å². The van der Waals surface area contributed by atoms with E-state index in [0.29, 0.717) is 12.6 Å². The van der Waals surface area contributed by atoms with E-state index < -0.39 is 0 Å². The monoisotopic (exact) mass is 355 g/mol. The van der Waals surface area contributed by atoms with Crippen molar-refractivity contribution in [3.05, 3.63) is 16.0 Å². The van der Waals surface area contributed by atoms with Gasteiger partial charge in [0.05, 0.1) is 22.8 Å². The fraction of sp³-hybridized carbons (Fsp3) is 0.714. The zero-order valence-electron chi connectivity index (χ0n) is 12.6. The van der Waals surface area contributed by atoms with Crippen molar-refractivity contribution in [2.45, 2.75) is 19.6 Å². The number of anilines is 1. The second-order valence-electron chi connectivity index (χ2n) is 5.51. The minimum atomic E-state index is 0.300. The van der Waals surface area contributed by atoms with E-state index in [9.17, 15) is 0 Å². The first-order chi connectivity index (χ1) is 10.2. The minimum absolute atomic E-state index is 0.300. The fourth-order valence-corrected chi connectivity index (χ4v) is 3.47. The second kappa shape index (κ2) is 6.56. The Balaban J connectivity index is 1.93. The van der Waals surface area contributed by atoms with Crippen LogP contribution in [0.4, 0.5) is 5.82 Å². The van der Waals surface area contributed by atoms with Crippen LogP contribution in [0, 0.1) is 0 Å². The predicted octanol–water partition coefficient (Wildman–Crippen LogP) is 1.49. The molecule has 1 atom stereocenters. The lowest BCUT2D eigenvalue weighted by molar-refractivity contribution is 0.00846. The molecule has 3 aliphatic heterocycles. The van der Waals surface area contributed by atoms with Gasteiger partial charge in [-0.05, 0) is 22.9 Å². The van der Waals surface area contributed by atoms with Crippen molar-refractivity contribution >= 4 is 21.7 Å². The van der Waals surface area contributed by atoms with Gasteiger partial charge in [-0.1, -0.05) is 0 Å². The van der Waals surface area contributed by atoms with Gasteiger partial charge in [0.25, 0.3) is 0 Å². The highest BCUT2D eigenvalue weighted by Crippen LogP contribution is 2.31. The molecule has 6 nitrogen and oxygen atoms in total. The van der Waals surface area contributed by atoms with Crippen molar-refractivity contribution in [3.63, 3.8) is 0 Å². The molecule has 4 heterocycles. The molecule has 3 saturated heterocycles. The average molecular weight is 356 g/mol. The third-order valence-corrected chi connectivity index (χ3v) is 4.97. The van der Waals surface area contributed by atoms with E-state index in [-0.39, 0.29) is 0 Å². The van der Waals surface area contributed by atoms with E-state index in [1.807, 2.05) is 0 Å². The van der Waals surface area contributed by atoms with Crippen LogP contribution < -0.4 is 5.32 Å². The molecule has 7 heteroatoms. The molecule has 1 aromatic heterocycles. The number of nitrogens with zero attached hydrogens (tertiary/aromatic N) is 4. The van der Waals surface area contributed by atoms with Gasteiger partial charge in [0.2, 0.25) is 0 Å². The van der Waals surface area contributed by atoms with Gasteiger partial charge in [0.15, 0.2) is 0 Å². The summed E-state index contributed by atoms with van der Waals surface area (Å²) in [6.07, 6.45) is 0. The highest BCUT2D eigenvalue weighted by atomic mass is 79.9. The summed E-state index contributed by atoms with van der Waals surface area (Å²) in [4.78, 5) is 14.5. The number of halogens is 1. The molecule has 0 saturated carbocycles. The maximum Gasteiger partial charge on any atom is 0.149 e. The van der Waals surface area contributed by atoms with E-state index in [2.05, 4.69) is 38.0 Å². The zero-order chi connectivity index (χ0) is 14.8. The molecule has 0 amide bonds. The summed E-state index contributed by atoms with van der Waals surface area (Å²) >= 11 is 3.59. The Hall–Kier alpha value is -0.760. The molecule has 0 aromatic carbocycles. The number of fused-ring (bicyclic) bond motifs is 3. The van der Waals surface area contributed by atoms with Gasteiger partial charge >= 0.3 is 0 Å². The maximum atomic E-state index is 5.27. The summed E-state index contributed by atoms with van der Waals surface area (Å²) in [5.74, 6) is 1.78. The van der Waals surface area contributed by atoms with Crippen LogP contribution in [-0.4, -0.2) is 66.1 Å². The van der Waals surface area contributed by atoms with Crippen molar-refractivity contribution in [3.8, 4) is 0 Å². The summed E-state index contributed by atoms with van der Waals surface area (Å²) in [5, 5.41) is 3.31. The van der Waals surface area contributed by atoms with Crippen LogP contribution in [0.15, 0.2) is 4.47 Å². The molecule has 116 valence electrons. The van der Waals surface area contributed by atoms with Crippen LogP contribution in [0.3, 0.4) is 0 Å². The molecule has 1 N–H and O–H groups in total. The van der Waals surface area contributed by atoms with Gasteiger partial charge in [-0.2, -0.15) is 0 Å². The van der Waals surface area contributed by atoms with Gasteiger partial charge in [-0.3, -0.25) is 9.80 Å². The van der Waals surface area contributed by atoms with Crippen LogP contribution >= 0.6 is 15.9 Å². The Morgan fingerprint density at radius 2 is 2.05 bits per heavy atom. The first-order valence-electron chi connectivity index (χ1n) is 7.48. The molecule has 4 rings (SSSR count). The number of piperazine rings is 3. The Morgan fingerprint density at radius 3 is 2.62 bits per heavy atom. The number of methoxy groups -OCH3 is 1. The standard InChI is InChI=1S/C14H22BrN5O/c1-3-16-14-12(15)10(9-21-2)17-13(18-14)11-8-19-4-6-20(11)7-5-19/h11H,3-9H2,1-2H3,(H,16,17,18). The lowest BCUT2D eigenvalue weighted by atomic mass is 10.1. The van der Waals surface area contributed by atoms with Crippen molar-refractivity contribution in [2.75, 3.05) is 51.7 Å². The first-order valence-corrected chi connectivity index (χ1v) is 8.27. The average Bonchev–Trinajstić information content (AvgIpc) is 2.52. The Labute approximate surface area is 134 Å². The predicted molar refractivity (Wildman–Crippen MR) is 85.4 cm³/mol. The minimum Gasteiger partial charge on any atom is -0.378 e. The quantitative estimate of drug-likeness (QED) is 0.863. The summed E-state index contributed by atoms with van der Waals surface area (Å²) in [6, 6.07) is 0.300. The molecule has 21 heavy (non-hydrogen) atoms. The summed E-state index contributed by atoms with van der Waals surface area (Å²) in [6.45, 7) is 8.98. The van der Waals surface area contributed by atoms with E-state index in [4.69, 9.17) is 14.7 Å². The van der Waals surface area contributed by atoms with E-state index in [1.54, 1.807) is 7.11 Å². The van der Waals surface area contributed by atoms with Crippen LogP contribution in [0.5, 0.6) is 0 Å². The van der Waals surface area contributed by atoms with Gasteiger partial charge in [-0.15, -0.1) is 0 Å². The van der Waals surface area contributed by atoms with Crippen molar-refractivity contribution in [2.24, 2.45) is 0 Å². The van der Waals surface area contributed by atoms with Crippen LogP contribution in [0.25, 0.3) is 0 Å². The van der Waals surface area contributed by atoms with Gasteiger partial charge in [0.1, 0.15) is 11.6 Å². The normalized spacial score (nSPS) is 27.9. The maximum absolute atomic E-state index is 5.27. The molecular formula is C14H22BrN5O. The summed E-state index contributed by atoms with van der Waals surface area (Å²) in [5.41, 5.74) is 0.913. The molecule has 0 radical (unpaired) electrons. The molecule has 2 bridgehead atoms. The van der Waals surface area contributed by atoms with Gasteiger partial charge < -0.3 is 10.1 Å². The van der Waals surface area contributed by atoms with E-state index in [1.165, 1.54) is 0 Å². The highest BCUT2D eigenvalue weighted by molar-refractivity contribution is 9.10. The van der Waals surface area contributed by atoms with Gasteiger partial charge in [0, 0.05) is 46.4 Å². The molecule has 1 aromatic rings. The Kier molecular flexibility index (Phi) is 4.73. The largest absolute Gasteiger partial charge is 0.378 e. The molecule has 3 aliphatic rings. The highest BCUT2D eigenvalue weighted by Gasteiger charge is 2.35. The summed E-state index contributed by atoms with van der Waals surface area (Å²) < 4.78 is 6.18. The molecular weight excluding hydrogens is 334 g/mol. The lowest BCUT2D eigenvalue weighted by Crippen LogP contribution is -2.57. The number of hydrogen-bond donors (Lipinski definition) is 1. The molecule has 0 aliphatic carbocycles. The lowest BCUT2D eigenvalue weighted by Gasteiger charge is -2.46. The number of nitrogens with one attached hydrogen (secondary N) is 1. The number of rotatable bonds is 5. The smallest absolute Gasteiger partial charge is 0.149 e. The molecule has 1 unspecified atom stereocenters. The fourth-order valence-electron chi connectivity index (χ4n) is 3.04. The Bertz CT molecular complexity index is 477. The molecule has 0 spiro atoms. The topological polar surface area (TPSA) is 53.5 Å². The van der Waals surface area contributed by atoms with Crippen LogP contribution in [0.1, 0.15) is 24.5 Å². The van der Waals surface area contributed by atoms with E-state index >= 15 is 0 Å². The van der Waals surface area contributed by atoms with Crippen molar-refractivity contribution in [1.82, 2.24) is 19.8 Å². The molecule has 3 fully saturated rings. The third-order valence-electron chi connectivity index (χ3n) is 4.14. The number of hydrogen-bond acceptors (Lipinski definition) is 6. The van der Waals surface area contributed by atoms with Crippen LogP contribution in [0.2, 0.25) is 0 Å². The summed E-state index contributed by atoms with van der Waals surface area (Å²) in [7, 11) is 1.69. The number of aromatic nitrogens is 2. The third kappa shape index (κ3) is 3.06. The zero-order valence-corrected chi connectivity index (χ0v) is 14.2.